The highest BCUT2D eigenvalue weighted by Crippen LogP contribution is 2.23. The van der Waals surface area contributed by atoms with E-state index in [9.17, 15) is 9.59 Å². The Morgan fingerprint density at radius 3 is 2.42 bits per heavy atom. The highest BCUT2D eigenvalue weighted by molar-refractivity contribution is 5.90. The molecule has 0 spiro atoms. The number of rotatable bonds is 4. The average Bonchev–Trinajstić information content (AvgIpc) is 2.39. The molecule has 1 aromatic carbocycles. The van der Waals surface area contributed by atoms with Gasteiger partial charge in [0.2, 0.25) is 0 Å². The third-order valence-corrected chi connectivity index (χ3v) is 2.53. The quantitative estimate of drug-likeness (QED) is 0.649. The van der Waals surface area contributed by atoms with E-state index in [2.05, 4.69) is 0 Å². The fourth-order valence-electron chi connectivity index (χ4n) is 1.71. The summed E-state index contributed by atoms with van der Waals surface area (Å²) in [5, 5.41) is 8.44. The van der Waals surface area contributed by atoms with Gasteiger partial charge in [0.15, 0.2) is 6.29 Å². The molecule has 1 heterocycles. The van der Waals surface area contributed by atoms with Crippen LogP contribution in [0, 0.1) is 0 Å². The van der Waals surface area contributed by atoms with Gasteiger partial charge in [-0.3, -0.25) is 9.59 Å². The van der Waals surface area contributed by atoms with Crippen molar-refractivity contribution in [3.8, 4) is 0 Å². The molecule has 0 radical (unpaired) electrons. The summed E-state index contributed by atoms with van der Waals surface area (Å²) < 4.78 is 15.8. The molecule has 19 heavy (non-hydrogen) atoms. The molecule has 1 saturated heterocycles. The Balaban J connectivity index is 1.80. The molecule has 1 N–H and O–H groups in total. The van der Waals surface area contributed by atoms with Crippen LogP contribution in [-0.4, -0.2) is 36.4 Å². The summed E-state index contributed by atoms with van der Waals surface area (Å²) in [6.07, 6.45) is -1.69. The van der Waals surface area contributed by atoms with E-state index in [0.29, 0.717) is 0 Å². The average molecular weight is 266 g/mol. The van der Waals surface area contributed by atoms with Crippen LogP contribution in [0.15, 0.2) is 30.3 Å². The third kappa shape index (κ3) is 4.04. The van der Waals surface area contributed by atoms with Gasteiger partial charge in [0.1, 0.15) is 12.5 Å². The van der Waals surface area contributed by atoms with Gasteiger partial charge in [-0.1, -0.05) is 30.3 Å². The molecule has 6 nitrogen and oxygen atoms in total. The van der Waals surface area contributed by atoms with Crippen molar-refractivity contribution in [2.24, 2.45) is 0 Å². The predicted molar refractivity (Wildman–Crippen MR) is 63.2 cm³/mol. The standard InChI is InChI=1S/C13H14O6/c14-11(15)6-12(16)19-10-7-17-13(18-8-10)9-4-2-1-3-5-9/h1-5,10,13H,6-8H2,(H,14,15). The van der Waals surface area contributed by atoms with Gasteiger partial charge in [-0.25, -0.2) is 0 Å². The number of esters is 1. The van der Waals surface area contributed by atoms with Crippen molar-refractivity contribution in [2.45, 2.75) is 18.8 Å². The van der Waals surface area contributed by atoms with Crippen molar-refractivity contribution < 1.29 is 28.9 Å². The predicted octanol–water partition coefficient (Wildman–Crippen LogP) is 1.12. The van der Waals surface area contributed by atoms with Crippen molar-refractivity contribution in [3.05, 3.63) is 35.9 Å². The largest absolute Gasteiger partial charge is 0.481 e. The van der Waals surface area contributed by atoms with Gasteiger partial charge >= 0.3 is 11.9 Å². The SMILES string of the molecule is O=C(O)CC(=O)OC1COC(c2ccccc2)OC1. The lowest BCUT2D eigenvalue weighted by Gasteiger charge is -2.29. The normalized spacial score (nSPS) is 22.7. The van der Waals surface area contributed by atoms with E-state index in [1.807, 2.05) is 30.3 Å². The second-order valence-electron chi connectivity index (χ2n) is 4.09. The van der Waals surface area contributed by atoms with E-state index in [4.69, 9.17) is 19.3 Å². The van der Waals surface area contributed by atoms with Crippen molar-refractivity contribution in [2.75, 3.05) is 13.2 Å². The highest BCUT2D eigenvalue weighted by Gasteiger charge is 2.26. The minimum atomic E-state index is -1.22. The van der Waals surface area contributed by atoms with Crippen molar-refractivity contribution in [3.63, 3.8) is 0 Å². The number of carbonyl (C=O) groups excluding carboxylic acids is 1. The summed E-state index contributed by atoms with van der Waals surface area (Å²) >= 11 is 0. The number of hydrogen-bond donors (Lipinski definition) is 1. The van der Waals surface area contributed by atoms with Crippen LogP contribution < -0.4 is 0 Å². The molecule has 0 unspecified atom stereocenters. The molecule has 0 saturated carbocycles. The number of carboxylic acids is 1. The molecule has 0 amide bonds. The number of aliphatic carboxylic acids is 1. The fourth-order valence-corrected chi connectivity index (χ4v) is 1.71. The molecule has 0 bridgehead atoms. The number of hydrogen-bond acceptors (Lipinski definition) is 5. The number of carboxylic acid groups (broad SMARTS) is 1. The van der Waals surface area contributed by atoms with Crippen molar-refractivity contribution in [1.29, 1.82) is 0 Å². The van der Waals surface area contributed by atoms with Gasteiger partial charge in [0.25, 0.3) is 0 Å². The summed E-state index contributed by atoms with van der Waals surface area (Å²) in [6, 6.07) is 9.40. The number of ether oxygens (including phenoxy) is 3. The lowest BCUT2D eigenvalue weighted by Crippen LogP contribution is -2.35. The van der Waals surface area contributed by atoms with E-state index in [1.54, 1.807) is 0 Å². The third-order valence-electron chi connectivity index (χ3n) is 2.53. The maximum absolute atomic E-state index is 11.2. The minimum Gasteiger partial charge on any atom is -0.481 e. The fraction of sp³-hybridized carbons (Fsp3) is 0.385. The lowest BCUT2D eigenvalue weighted by atomic mass is 10.2. The first-order valence-corrected chi connectivity index (χ1v) is 5.84. The first-order chi connectivity index (χ1) is 9.15. The van der Waals surface area contributed by atoms with Gasteiger partial charge in [-0.2, -0.15) is 0 Å². The van der Waals surface area contributed by atoms with E-state index in [0.717, 1.165) is 5.56 Å². The number of carbonyl (C=O) groups is 2. The van der Waals surface area contributed by atoms with E-state index >= 15 is 0 Å². The second kappa shape index (κ2) is 6.31. The summed E-state index contributed by atoms with van der Waals surface area (Å²) in [5.41, 5.74) is 0.887. The summed E-state index contributed by atoms with van der Waals surface area (Å²) in [4.78, 5) is 21.5. The Hall–Kier alpha value is -1.92. The molecule has 1 aliphatic heterocycles. The van der Waals surface area contributed by atoms with Gasteiger partial charge in [-0.15, -0.1) is 0 Å². The van der Waals surface area contributed by atoms with Gasteiger partial charge in [-0.05, 0) is 0 Å². The minimum absolute atomic E-state index is 0.185. The Bertz CT molecular complexity index is 436. The van der Waals surface area contributed by atoms with E-state index in [-0.39, 0.29) is 13.2 Å². The van der Waals surface area contributed by atoms with Gasteiger partial charge in [0.05, 0.1) is 13.2 Å². The van der Waals surface area contributed by atoms with Crippen LogP contribution in [0.3, 0.4) is 0 Å². The molecule has 6 heteroatoms. The molecule has 1 aliphatic rings. The maximum atomic E-state index is 11.2. The molecule has 2 rings (SSSR count). The Morgan fingerprint density at radius 1 is 1.21 bits per heavy atom. The van der Waals surface area contributed by atoms with E-state index in [1.165, 1.54) is 0 Å². The molecular formula is C13H14O6. The second-order valence-corrected chi connectivity index (χ2v) is 4.09. The van der Waals surface area contributed by atoms with Crippen LogP contribution in [0.5, 0.6) is 0 Å². The topological polar surface area (TPSA) is 82.1 Å². The maximum Gasteiger partial charge on any atom is 0.317 e. The molecule has 1 aromatic rings. The van der Waals surface area contributed by atoms with Crippen molar-refractivity contribution >= 4 is 11.9 Å². The Kier molecular flexibility index (Phi) is 4.48. The summed E-state index contributed by atoms with van der Waals surface area (Å²) in [7, 11) is 0. The van der Waals surface area contributed by atoms with Crippen molar-refractivity contribution in [1.82, 2.24) is 0 Å². The first kappa shape index (κ1) is 13.5. The Morgan fingerprint density at radius 2 is 1.84 bits per heavy atom. The highest BCUT2D eigenvalue weighted by atomic mass is 16.7. The number of benzene rings is 1. The van der Waals surface area contributed by atoms with Crippen LogP contribution >= 0.6 is 0 Å². The van der Waals surface area contributed by atoms with Crippen LogP contribution in [0.1, 0.15) is 18.3 Å². The zero-order valence-electron chi connectivity index (χ0n) is 10.2. The molecule has 0 atom stereocenters. The molecule has 0 aliphatic carbocycles. The van der Waals surface area contributed by atoms with Crippen LogP contribution in [0.2, 0.25) is 0 Å². The smallest absolute Gasteiger partial charge is 0.317 e. The zero-order chi connectivity index (χ0) is 13.7. The van der Waals surface area contributed by atoms with Crippen LogP contribution in [0.25, 0.3) is 0 Å². The van der Waals surface area contributed by atoms with Crippen LogP contribution in [-0.2, 0) is 23.8 Å². The monoisotopic (exact) mass is 266 g/mol. The van der Waals surface area contributed by atoms with E-state index < -0.39 is 30.8 Å². The molecule has 102 valence electrons. The summed E-state index contributed by atoms with van der Waals surface area (Å²) in [5.74, 6) is -2.01. The molecule has 1 fully saturated rings. The van der Waals surface area contributed by atoms with Crippen LogP contribution in [0.4, 0.5) is 0 Å². The first-order valence-electron chi connectivity index (χ1n) is 5.84. The zero-order valence-corrected chi connectivity index (χ0v) is 10.2. The van der Waals surface area contributed by atoms with Gasteiger partial charge < -0.3 is 19.3 Å². The summed E-state index contributed by atoms with van der Waals surface area (Å²) in [6.45, 7) is 0.371. The lowest BCUT2D eigenvalue weighted by molar-refractivity contribution is -0.229. The molecule has 0 aromatic heterocycles. The Labute approximate surface area is 109 Å². The van der Waals surface area contributed by atoms with Gasteiger partial charge in [0, 0.05) is 5.56 Å². The molecular weight excluding hydrogens is 252 g/mol.